The van der Waals surface area contributed by atoms with Crippen LogP contribution in [0.5, 0.6) is 0 Å². The number of halogens is 1. The van der Waals surface area contributed by atoms with E-state index in [4.69, 9.17) is 16.7 Å². The Kier molecular flexibility index (Phi) is 2.87. The minimum Gasteiger partial charge on any atom is -0.481 e. The average Bonchev–Trinajstić information content (AvgIpc) is 2.66. The van der Waals surface area contributed by atoms with E-state index in [1.807, 2.05) is 6.07 Å². The molecule has 1 N–H and O–H groups in total. The van der Waals surface area contributed by atoms with Crippen molar-refractivity contribution in [2.45, 2.75) is 6.42 Å². The molecule has 2 aromatic rings. The fourth-order valence-corrected chi connectivity index (χ4v) is 1.49. The lowest BCUT2D eigenvalue weighted by atomic mass is 10.3. The van der Waals surface area contributed by atoms with Crippen LogP contribution in [-0.4, -0.2) is 25.8 Å². The molecule has 0 aliphatic carbocycles. The van der Waals surface area contributed by atoms with Crippen LogP contribution in [0.3, 0.4) is 0 Å². The smallest absolute Gasteiger partial charge is 0.311 e. The van der Waals surface area contributed by atoms with Gasteiger partial charge in [-0.05, 0) is 12.1 Å². The normalized spacial score (nSPS) is 10.3. The zero-order chi connectivity index (χ0) is 11.5. The number of carboxylic acid groups (broad SMARTS) is 1. The van der Waals surface area contributed by atoms with Crippen LogP contribution in [0.2, 0.25) is 5.02 Å². The van der Waals surface area contributed by atoms with Gasteiger partial charge >= 0.3 is 5.97 Å². The van der Waals surface area contributed by atoms with E-state index in [1.54, 1.807) is 18.2 Å². The van der Waals surface area contributed by atoms with Crippen molar-refractivity contribution in [2.75, 3.05) is 0 Å². The number of rotatable bonds is 3. The molecule has 0 radical (unpaired) electrons. The van der Waals surface area contributed by atoms with Crippen molar-refractivity contribution in [3.05, 3.63) is 41.4 Å². The third-order valence-corrected chi connectivity index (χ3v) is 2.27. The number of hydrogen-bond donors (Lipinski definition) is 1. The minimum absolute atomic E-state index is 0.197. The summed E-state index contributed by atoms with van der Waals surface area (Å²) in [5, 5.41) is 13.1. The van der Waals surface area contributed by atoms with Gasteiger partial charge in [-0.1, -0.05) is 23.7 Å². The summed E-state index contributed by atoms with van der Waals surface area (Å²) in [5.41, 5.74) is 0.674. The fourth-order valence-electron chi connectivity index (χ4n) is 1.27. The minimum atomic E-state index is -0.961. The topological polar surface area (TPSA) is 68.0 Å². The van der Waals surface area contributed by atoms with Crippen LogP contribution >= 0.6 is 11.6 Å². The number of benzene rings is 1. The van der Waals surface area contributed by atoms with Crippen LogP contribution < -0.4 is 0 Å². The SMILES string of the molecule is O=C(O)Cc1ncn(-c2ccccc2Cl)n1. The van der Waals surface area contributed by atoms with Gasteiger partial charge in [0.15, 0.2) is 5.82 Å². The molecule has 82 valence electrons. The third-order valence-electron chi connectivity index (χ3n) is 1.95. The maximum Gasteiger partial charge on any atom is 0.311 e. The van der Waals surface area contributed by atoms with Gasteiger partial charge in [-0.3, -0.25) is 4.79 Å². The van der Waals surface area contributed by atoms with Gasteiger partial charge in [-0.2, -0.15) is 5.10 Å². The molecule has 0 aliphatic heterocycles. The lowest BCUT2D eigenvalue weighted by Crippen LogP contribution is -2.03. The highest BCUT2D eigenvalue weighted by Gasteiger charge is 2.08. The molecule has 0 aliphatic rings. The molecule has 0 saturated carbocycles. The molecule has 1 heterocycles. The van der Waals surface area contributed by atoms with Crippen LogP contribution in [0.25, 0.3) is 5.69 Å². The van der Waals surface area contributed by atoms with Gasteiger partial charge in [-0.15, -0.1) is 0 Å². The summed E-state index contributed by atoms with van der Waals surface area (Å²) in [6.45, 7) is 0. The predicted octanol–water partition coefficient (Wildman–Crippen LogP) is 1.55. The molecule has 5 nitrogen and oxygen atoms in total. The summed E-state index contributed by atoms with van der Waals surface area (Å²) in [6.07, 6.45) is 1.25. The van der Waals surface area contributed by atoms with E-state index >= 15 is 0 Å². The molecule has 0 bridgehead atoms. The molecule has 0 unspecified atom stereocenters. The molecule has 0 atom stereocenters. The average molecular weight is 238 g/mol. The van der Waals surface area contributed by atoms with Crippen molar-refractivity contribution >= 4 is 17.6 Å². The zero-order valence-electron chi connectivity index (χ0n) is 8.17. The molecular weight excluding hydrogens is 230 g/mol. The van der Waals surface area contributed by atoms with Gasteiger partial charge < -0.3 is 5.11 Å². The predicted molar refractivity (Wildman–Crippen MR) is 57.7 cm³/mol. The van der Waals surface area contributed by atoms with Crippen molar-refractivity contribution in [3.63, 3.8) is 0 Å². The Morgan fingerprint density at radius 1 is 1.44 bits per heavy atom. The van der Waals surface area contributed by atoms with E-state index in [9.17, 15) is 4.79 Å². The first-order valence-corrected chi connectivity index (χ1v) is 4.92. The molecule has 0 fully saturated rings. The molecule has 1 aromatic heterocycles. The van der Waals surface area contributed by atoms with Gasteiger partial charge in [0.05, 0.1) is 10.7 Å². The summed E-state index contributed by atoms with van der Waals surface area (Å²) in [6, 6.07) is 7.14. The lowest BCUT2D eigenvalue weighted by molar-refractivity contribution is -0.136. The Labute approximate surface area is 96.3 Å². The van der Waals surface area contributed by atoms with Crippen molar-refractivity contribution in [1.29, 1.82) is 0 Å². The number of carboxylic acids is 1. The van der Waals surface area contributed by atoms with Crippen LogP contribution in [0, 0.1) is 0 Å². The van der Waals surface area contributed by atoms with Gasteiger partial charge in [-0.25, -0.2) is 9.67 Å². The summed E-state index contributed by atoms with van der Waals surface area (Å²) >= 11 is 5.97. The molecule has 0 amide bonds. The Morgan fingerprint density at radius 3 is 2.88 bits per heavy atom. The second-order valence-corrected chi connectivity index (χ2v) is 3.53. The second kappa shape index (κ2) is 4.32. The maximum atomic E-state index is 10.5. The van der Waals surface area contributed by atoms with E-state index < -0.39 is 5.97 Å². The van der Waals surface area contributed by atoms with E-state index in [-0.39, 0.29) is 12.2 Å². The van der Waals surface area contributed by atoms with Crippen molar-refractivity contribution < 1.29 is 9.90 Å². The highest BCUT2D eigenvalue weighted by molar-refractivity contribution is 6.32. The fraction of sp³-hybridized carbons (Fsp3) is 0.100. The third kappa shape index (κ3) is 2.20. The first-order chi connectivity index (χ1) is 7.66. The lowest BCUT2D eigenvalue weighted by Gasteiger charge is -2.01. The van der Waals surface area contributed by atoms with Gasteiger partial charge in [0, 0.05) is 0 Å². The number of para-hydroxylation sites is 1. The second-order valence-electron chi connectivity index (χ2n) is 3.13. The quantitative estimate of drug-likeness (QED) is 0.880. The van der Waals surface area contributed by atoms with Gasteiger partial charge in [0.1, 0.15) is 12.7 Å². The van der Waals surface area contributed by atoms with Gasteiger partial charge in [0.2, 0.25) is 0 Å². The molecule has 0 saturated heterocycles. The standard InChI is InChI=1S/C10H8ClN3O2/c11-7-3-1-2-4-8(7)14-6-12-9(13-14)5-10(15)16/h1-4,6H,5H2,(H,15,16). The van der Waals surface area contributed by atoms with Crippen LogP contribution in [0.4, 0.5) is 0 Å². The van der Waals surface area contributed by atoms with E-state index in [1.165, 1.54) is 11.0 Å². The highest BCUT2D eigenvalue weighted by atomic mass is 35.5. The zero-order valence-corrected chi connectivity index (χ0v) is 8.92. The summed E-state index contributed by atoms with van der Waals surface area (Å²) < 4.78 is 1.46. The number of hydrogen-bond acceptors (Lipinski definition) is 3. The Balaban J connectivity index is 2.32. The summed E-state index contributed by atoms with van der Waals surface area (Å²) in [5.74, 6) is -0.704. The van der Waals surface area contributed by atoms with Crippen molar-refractivity contribution in [1.82, 2.24) is 14.8 Å². The van der Waals surface area contributed by atoms with Crippen molar-refractivity contribution in [3.8, 4) is 5.69 Å². The first kappa shape index (κ1) is 10.6. The molecule has 0 spiro atoms. The largest absolute Gasteiger partial charge is 0.481 e. The Bertz CT molecular complexity index is 524. The molecule has 6 heteroatoms. The molecular formula is C10H8ClN3O2. The van der Waals surface area contributed by atoms with Crippen LogP contribution in [0.15, 0.2) is 30.6 Å². The summed E-state index contributed by atoms with van der Waals surface area (Å²) in [7, 11) is 0. The van der Waals surface area contributed by atoms with Crippen LogP contribution in [0.1, 0.15) is 5.82 Å². The molecule has 2 rings (SSSR count). The maximum absolute atomic E-state index is 10.5. The number of nitrogens with zero attached hydrogens (tertiary/aromatic N) is 3. The Morgan fingerprint density at radius 2 is 2.19 bits per heavy atom. The van der Waals surface area contributed by atoms with Crippen LogP contribution in [-0.2, 0) is 11.2 Å². The molecule has 1 aromatic carbocycles. The van der Waals surface area contributed by atoms with Crippen molar-refractivity contribution in [2.24, 2.45) is 0 Å². The monoisotopic (exact) mass is 237 g/mol. The first-order valence-electron chi connectivity index (χ1n) is 4.54. The Hall–Kier alpha value is -1.88. The van der Waals surface area contributed by atoms with E-state index in [0.29, 0.717) is 10.7 Å². The van der Waals surface area contributed by atoms with Gasteiger partial charge in [0.25, 0.3) is 0 Å². The number of aliphatic carboxylic acids is 1. The number of carbonyl (C=O) groups is 1. The summed E-state index contributed by atoms with van der Waals surface area (Å²) in [4.78, 5) is 14.4. The molecule has 16 heavy (non-hydrogen) atoms. The van der Waals surface area contributed by atoms with E-state index in [2.05, 4.69) is 10.1 Å². The van der Waals surface area contributed by atoms with E-state index in [0.717, 1.165) is 0 Å². The number of aromatic nitrogens is 3. The highest BCUT2D eigenvalue weighted by Crippen LogP contribution is 2.18.